The molecule has 0 aromatic rings. The van der Waals surface area contributed by atoms with Crippen LogP contribution in [-0.2, 0) is 17.1 Å². The smallest absolute Gasteiger partial charge is 0.0564 e. The van der Waals surface area contributed by atoms with Crippen LogP contribution in [0.2, 0.25) is 0 Å². The summed E-state index contributed by atoms with van der Waals surface area (Å²) in [6.07, 6.45) is 22.6. The molecule has 0 nitrogen and oxygen atoms in total. The van der Waals surface area contributed by atoms with Crippen LogP contribution in [0.25, 0.3) is 0 Å². The molecule has 2 rings (SSSR count). The van der Waals surface area contributed by atoms with Gasteiger partial charge in [0.25, 0.3) is 0 Å². The van der Waals surface area contributed by atoms with Gasteiger partial charge >= 0.3 is 0 Å². The largest absolute Gasteiger partial charge is 0.106 e. The van der Waals surface area contributed by atoms with Gasteiger partial charge in [0.15, 0.2) is 0 Å². The van der Waals surface area contributed by atoms with Gasteiger partial charge in [-0.2, -0.15) is 0 Å². The van der Waals surface area contributed by atoms with Crippen molar-refractivity contribution in [2.75, 3.05) is 0 Å². The SMILES string of the molecule is C#CC#CC#C[C]1[CH][CH][CH][CH]1.[CH]1[CH][CH][CH][CH]1.[Fe]. The standard InChI is InChI=1S/C11H5.C5H5.Fe/c1-2-3-4-5-8-11-9-6-7-10-11;1-2-4-5-3-1;/h1,6-7,9-10H;1-5H;. The van der Waals surface area contributed by atoms with Crippen LogP contribution in [0.15, 0.2) is 0 Å². The van der Waals surface area contributed by atoms with Gasteiger partial charge in [0.05, 0.1) is 5.92 Å². The summed E-state index contributed by atoms with van der Waals surface area (Å²) in [5.41, 5.74) is 0. The molecule has 0 spiro atoms. The molecule has 0 atom stereocenters. The molecule has 0 heterocycles. The zero-order valence-electron chi connectivity index (χ0n) is 9.13. The van der Waals surface area contributed by atoms with Crippen molar-refractivity contribution in [1.29, 1.82) is 0 Å². The van der Waals surface area contributed by atoms with Gasteiger partial charge in [-0.25, -0.2) is 0 Å². The average molecular weight is 258 g/mol. The van der Waals surface area contributed by atoms with E-state index in [-0.39, 0.29) is 17.1 Å². The van der Waals surface area contributed by atoms with Crippen LogP contribution in [0, 0.1) is 99.7 Å². The third kappa shape index (κ3) is 8.95. The minimum atomic E-state index is 0. The Morgan fingerprint density at radius 2 is 1.24 bits per heavy atom. The molecule has 0 aromatic carbocycles. The van der Waals surface area contributed by atoms with Crippen LogP contribution < -0.4 is 0 Å². The van der Waals surface area contributed by atoms with Gasteiger partial charge in [-0.3, -0.25) is 0 Å². The van der Waals surface area contributed by atoms with Crippen molar-refractivity contribution in [1.82, 2.24) is 0 Å². The molecule has 1 heteroatoms. The summed E-state index contributed by atoms with van der Waals surface area (Å²) < 4.78 is 0. The molecule has 0 saturated heterocycles. The van der Waals surface area contributed by atoms with E-state index in [4.69, 9.17) is 6.42 Å². The third-order valence-corrected chi connectivity index (χ3v) is 1.62. The summed E-state index contributed by atoms with van der Waals surface area (Å²) in [5.74, 6) is 13.6. The Morgan fingerprint density at radius 1 is 0.706 bits per heavy atom. The number of terminal acetylenes is 1. The van der Waals surface area contributed by atoms with Crippen LogP contribution in [0.4, 0.5) is 0 Å². The van der Waals surface area contributed by atoms with Crippen LogP contribution in [0.3, 0.4) is 0 Å². The fourth-order valence-corrected chi connectivity index (χ4v) is 0.949. The molecule has 0 N–H and O–H groups in total. The zero-order chi connectivity index (χ0) is 11.5. The van der Waals surface area contributed by atoms with Gasteiger partial charge in [-0.15, -0.1) is 6.42 Å². The molecular weight excluding hydrogens is 248 g/mol. The van der Waals surface area contributed by atoms with Crippen molar-refractivity contribution < 1.29 is 17.1 Å². The molecule has 2 aliphatic rings. The van der Waals surface area contributed by atoms with Crippen molar-refractivity contribution in [2.24, 2.45) is 0 Å². The van der Waals surface area contributed by atoms with Crippen molar-refractivity contribution >= 4 is 0 Å². The predicted octanol–water partition coefficient (Wildman–Crippen LogP) is 2.05. The van der Waals surface area contributed by atoms with E-state index in [1.54, 1.807) is 0 Å². The maximum Gasteiger partial charge on any atom is 0.0564 e. The van der Waals surface area contributed by atoms with Gasteiger partial charge in [-0.1, -0.05) is 5.92 Å². The Labute approximate surface area is 117 Å². The summed E-state index contributed by atoms with van der Waals surface area (Å²) >= 11 is 0. The molecule has 17 heavy (non-hydrogen) atoms. The Balaban J connectivity index is 0.000000360. The quantitative estimate of drug-likeness (QED) is 0.461. The summed E-state index contributed by atoms with van der Waals surface area (Å²) in [5, 5.41) is 0. The van der Waals surface area contributed by atoms with E-state index >= 15 is 0 Å². The van der Waals surface area contributed by atoms with Gasteiger partial charge in [0, 0.05) is 17.1 Å². The van der Waals surface area contributed by atoms with Gasteiger partial charge in [0.1, 0.15) is 0 Å². The Hall–Kier alpha value is -0.801. The molecule has 2 aliphatic carbocycles. The van der Waals surface area contributed by atoms with Gasteiger partial charge in [0.2, 0.25) is 0 Å². The number of hydrogen-bond donors (Lipinski definition) is 0. The topological polar surface area (TPSA) is 0 Å². The normalized spacial score (nSPS) is 17.1. The molecule has 0 bridgehead atoms. The molecule has 0 aromatic heterocycles. The Kier molecular flexibility index (Phi) is 11.1. The summed E-state index contributed by atoms with van der Waals surface area (Å²) in [7, 11) is 0. The number of hydrogen-bond acceptors (Lipinski definition) is 0. The molecule has 2 saturated carbocycles. The Bertz CT molecular complexity index is 322. The maximum atomic E-state index is 4.90. The van der Waals surface area contributed by atoms with Crippen molar-refractivity contribution in [2.45, 2.75) is 0 Å². The van der Waals surface area contributed by atoms with Crippen LogP contribution >= 0.6 is 0 Å². The van der Waals surface area contributed by atoms with E-state index in [9.17, 15) is 0 Å². The van der Waals surface area contributed by atoms with Crippen LogP contribution in [-0.4, -0.2) is 0 Å². The molecule has 82 valence electrons. The van der Waals surface area contributed by atoms with E-state index in [0.29, 0.717) is 0 Å². The fourth-order valence-electron chi connectivity index (χ4n) is 0.949. The van der Waals surface area contributed by atoms with E-state index in [1.165, 1.54) is 0 Å². The van der Waals surface area contributed by atoms with E-state index < -0.39 is 0 Å². The van der Waals surface area contributed by atoms with Gasteiger partial charge in [-0.05, 0) is 81.5 Å². The minimum Gasteiger partial charge on any atom is -0.106 e. The third-order valence-electron chi connectivity index (χ3n) is 1.62. The second-order valence-electron chi connectivity index (χ2n) is 2.78. The van der Waals surface area contributed by atoms with Gasteiger partial charge < -0.3 is 0 Å². The average Bonchev–Trinajstić information content (AvgIpc) is 2.99. The summed E-state index contributed by atoms with van der Waals surface area (Å²) in [6.45, 7) is 0. The molecule has 0 amide bonds. The van der Waals surface area contributed by atoms with E-state index in [0.717, 1.165) is 5.92 Å². The Morgan fingerprint density at radius 3 is 1.71 bits per heavy atom. The van der Waals surface area contributed by atoms with Crippen LogP contribution in [0.5, 0.6) is 0 Å². The molecule has 2 fully saturated rings. The van der Waals surface area contributed by atoms with E-state index in [2.05, 4.69) is 29.6 Å². The molecule has 10 radical (unpaired) electrons. The minimum absolute atomic E-state index is 0. The maximum absolute atomic E-state index is 4.90. The number of rotatable bonds is 0. The zero-order valence-corrected chi connectivity index (χ0v) is 10.2. The monoisotopic (exact) mass is 258 g/mol. The predicted molar refractivity (Wildman–Crippen MR) is 66.3 cm³/mol. The fraction of sp³-hybridized carbons (Fsp3) is 0. The van der Waals surface area contributed by atoms with Crippen molar-refractivity contribution in [3.05, 3.63) is 63.7 Å². The first-order valence-corrected chi connectivity index (χ1v) is 4.78. The summed E-state index contributed by atoms with van der Waals surface area (Å²) in [6, 6.07) is 0. The summed E-state index contributed by atoms with van der Waals surface area (Å²) in [4.78, 5) is 0. The van der Waals surface area contributed by atoms with Crippen LogP contribution in [0.1, 0.15) is 0 Å². The first kappa shape index (κ1) is 16.2. The first-order chi connectivity index (χ1) is 7.93. The molecular formula is C16H10Fe. The second-order valence-corrected chi connectivity index (χ2v) is 2.78. The van der Waals surface area contributed by atoms with E-state index in [1.807, 2.05) is 57.8 Å². The molecule has 0 aliphatic heterocycles. The second kappa shape index (κ2) is 11.7. The first-order valence-electron chi connectivity index (χ1n) is 4.78. The van der Waals surface area contributed by atoms with Crippen molar-refractivity contribution in [3.8, 4) is 36.0 Å². The van der Waals surface area contributed by atoms with Crippen molar-refractivity contribution in [3.63, 3.8) is 0 Å². The molecule has 0 unspecified atom stereocenters.